The molecular weight excluding hydrogens is 230 g/mol. The molecule has 0 amide bonds. The van der Waals surface area contributed by atoms with Crippen LogP contribution in [0.5, 0.6) is 0 Å². The molecule has 1 unspecified atom stereocenters. The lowest BCUT2D eigenvalue weighted by atomic mass is 10.0. The van der Waals surface area contributed by atoms with Gasteiger partial charge < -0.3 is 9.73 Å². The van der Waals surface area contributed by atoms with Gasteiger partial charge >= 0.3 is 0 Å². The van der Waals surface area contributed by atoms with Gasteiger partial charge in [-0.15, -0.1) is 11.3 Å². The Morgan fingerprint density at radius 3 is 2.88 bits per heavy atom. The summed E-state index contributed by atoms with van der Waals surface area (Å²) < 4.78 is 5.21. The molecule has 1 atom stereocenters. The van der Waals surface area contributed by atoms with Crippen molar-refractivity contribution in [3.05, 3.63) is 46.0 Å². The first kappa shape index (κ1) is 12.4. The Hall–Kier alpha value is -1.06. The van der Waals surface area contributed by atoms with Gasteiger partial charge in [0, 0.05) is 10.4 Å². The fraction of sp³-hybridized carbons (Fsp3) is 0.429. The molecule has 1 N–H and O–H groups in total. The Labute approximate surface area is 107 Å². The van der Waals surface area contributed by atoms with E-state index in [9.17, 15) is 0 Å². The maximum absolute atomic E-state index is 5.21. The maximum atomic E-state index is 5.21. The van der Waals surface area contributed by atoms with Gasteiger partial charge in [-0.05, 0) is 42.5 Å². The van der Waals surface area contributed by atoms with E-state index in [1.807, 2.05) is 23.7 Å². The minimum Gasteiger partial charge on any atom is -0.472 e. The van der Waals surface area contributed by atoms with E-state index in [4.69, 9.17) is 4.42 Å². The highest BCUT2D eigenvalue weighted by atomic mass is 32.1. The molecule has 0 aliphatic rings. The molecule has 0 saturated carbocycles. The van der Waals surface area contributed by atoms with Crippen LogP contribution in [0, 0.1) is 0 Å². The SMILES string of the molecule is CCCNC(c1ccoc1)c1sccc1CC. The molecule has 0 aromatic carbocycles. The molecule has 2 aromatic rings. The van der Waals surface area contributed by atoms with Crippen LogP contribution in [0.4, 0.5) is 0 Å². The third kappa shape index (κ3) is 2.79. The van der Waals surface area contributed by atoms with Crippen LogP contribution in [0.2, 0.25) is 0 Å². The van der Waals surface area contributed by atoms with Gasteiger partial charge in [-0.1, -0.05) is 13.8 Å². The van der Waals surface area contributed by atoms with E-state index in [-0.39, 0.29) is 6.04 Å². The molecular formula is C14H19NOS. The molecule has 17 heavy (non-hydrogen) atoms. The van der Waals surface area contributed by atoms with Crippen molar-refractivity contribution in [2.24, 2.45) is 0 Å². The van der Waals surface area contributed by atoms with Gasteiger partial charge in [-0.2, -0.15) is 0 Å². The Kier molecular flexibility index (Phi) is 4.40. The van der Waals surface area contributed by atoms with Crippen LogP contribution >= 0.6 is 11.3 Å². The Morgan fingerprint density at radius 1 is 1.35 bits per heavy atom. The van der Waals surface area contributed by atoms with E-state index in [0.29, 0.717) is 0 Å². The molecule has 0 aliphatic carbocycles. The highest BCUT2D eigenvalue weighted by Crippen LogP contribution is 2.30. The first-order valence-electron chi connectivity index (χ1n) is 6.18. The minimum absolute atomic E-state index is 0.281. The minimum atomic E-state index is 0.281. The van der Waals surface area contributed by atoms with Crippen LogP contribution in [-0.4, -0.2) is 6.54 Å². The topological polar surface area (TPSA) is 25.2 Å². The van der Waals surface area contributed by atoms with E-state index in [1.54, 1.807) is 6.26 Å². The summed E-state index contributed by atoms with van der Waals surface area (Å²) in [5.41, 5.74) is 2.65. The molecule has 2 nitrogen and oxygen atoms in total. The molecule has 2 rings (SSSR count). The van der Waals surface area contributed by atoms with Gasteiger partial charge in [0.25, 0.3) is 0 Å². The molecule has 0 saturated heterocycles. The first-order chi connectivity index (χ1) is 8.36. The van der Waals surface area contributed by atoms with Crippen LogP contribution in [-0.2, 0) is 6.42 Å². The quantitative estimate of drug-likeness (QED) is 0.837. The second-order valence-electron chi connectivity index (χ2n) is 4.11. The predicted octanol–water partition coefficient (Wildman–Crippen LogP) is 3.99. The Balaban J connectivity index is 2.27. The summed E-state index contributed by atoms with van der Waals surface area (Å²) in [4.78, 5) is 1.42. The predicted molar refractivity (Wildman–Crippen MR) is 72.5 cm³/mol. The number of aryl methyl sites for hydroxylation is 1. The molecule has 0 aliphatic heterocycles. The Bertz CT molecular complexity index is 433. The summed E-state index contributed by atoms with van der Waals surface area (Å²) >= 11 is 1.83. The van der Waals surface area contributed by atoms with Gasteiger partial charge in [-0.25, -0.2) is 0 Å². The summed E-state index contributed by atoms with van der Waals surface area (Å²) in [6, 6.07) is 4.55. The smallest absolute Gasteiger partial charge is 0.0954 e. The van der Waals surface area contributed by atoms with Crippen molar-refractivity contribution in [2.45, 2.75) is 32.7 Å². The lowest BCUT2D eigenvalue weighted by molar-refractivity contribution is 0.549. The van der Waals surface area contributed by atoms with Gasteiger partial charge in [-0.3, -0.25) is 0 Å². The first-order valence-corrected chi connectivity index (χ1v) is 7.06. The largest absolute Gasteiger partial charge is 0.472 e. The average molecular weight is 249 g/mol. The van der Waals surface area contributed by atoms with E-state index in [2.05, 4.69) is 30.6 Å². The summed E-state index contributed by atoms with van der Waals surface area (Å²) in [7, 11) is 0. The van der Waals surface area contributed by atoms with Crippen molar-refractivity contribution in [3.8, 4) is 0 Å². The zero-order valence-electron chi connectivity index (χ0n) is 10.4. The maximum Gasteiger partial charge on any atom is 0.0954 e. The lowest BCUT2D eigenvalue weighted by Crippen LogP contribution is -2.22. The van der Waals surface area contributed by atoms with E-state index >= 15 is 0 Å². The van der Waals surface area contributed by atoms with Crippen molar-refractivity contribution < 1.29 is 4.42 Å². The standard InChI is InChI=1S/C14H19NOS/c1-3-7-15-13(12-5-8-16-10-12)14-11(4-2)6-9-17-14/h5-6,8-10,13,15H,3-4,7H2,1-2H3. The van der Waals surface area contributed by atoms with E-state index in [1.165, 1.54) is 16.0 Å². The molecule has 2 heterocycles. The fourth-order valence-corrected chi connectivity index (χ4v) is 3.08. The number of nitrogens with one attached hydrogen (secondary N) is 1. The van der Waals surface area contributed by atoms with Gasteiger partial charge in [0.05, 0.1) is 18.6 Å². The van der Waals surface area contributed by atoms with Gasteiger partial charge in [0.1, 0.15) is 0 Å². The molecule has 92 valence electrons. The molecule has 0 spiro atoms. The third-order valence-electron chi connectivity index (χ3n) is 2.90. The van der Waals surface area contributed by atoms with Crippen molar-refractivity contribution in [2.75, 3.05) is 6.54 Å². The summed E-state index contributed by atoms with van der Waals surface area (Å²) in [5.74, 6) is 0. The summed E-state index contributed by atoms with van der Waals surface area (Å²) in [6.07, 6.45) is 5.81. The van der Waals surface area contributed by atoms with Crippen molar-refractivity contribution in [1.82, 2.24) is 5.32 Å². The lowest BCUT2D eigenvalue weighted by Gasteiger charge is -2.17. The zero-order chi connectivity index (χ0) is 12.1. The zero-order valence-corrected chi connectivity index (χ0v) is 11.2. The number of thiophene rings is 1. The highest BCUT2D eigenvalue weighted by molar-refractivity contribution is 7.10. The Morgan fingerprint density at radius 2 is 2.24 bits per heavy atom. The van der Waals surface area contributed by atoms with Crippen LogP contribution in [0.15, 0.2) is 34.5 Å². The summed E-state index contributed by atoms with van der Waals surface area (Å²) in [5, 5.41) is 5.77. The van der Waals surface area contributed by atoms with Gasteiger partial charge in [0.15, 0.2) is 0 Å². The van der Waals surface area contributed by atoms with Gasteiger partial charge in [0.2, 0.25) is 0 Å². The molecule has 0 radical (unpaired) electrons. The summed E-state index contributed by atoms with van der Waals surface area (Å²) in [6.45, 7) is 5.42. The normalized spacial score (nSPS) is 12.8. The highest BCUT2D eigenvalue weighted by Gasteiger charge is 2.18. The van der Waals surface area contributed by atoms with Crippen LogP contribution in [0.1, 0.15) is 42.3 Å². The monoisotopic (exact) mass is 249 g/mol. The number of hydrogen-bond acceptors (Lipinski definition) is 3. The number of rotatable bonds is 6. The van der Waals surface area contributed by atoms with Crippen molar-refractivity contribution in [1.29, 1.82) is 0 Å². The second-order valence-corrected chi connectivity index (χ2v) is 5.06. The van der Waals surface area contributed by atoms with Crippen molar-refractivity contribution >= 4 is 11.3 Å². The molecule has 0 bridgehead atoms. The van der Waals surface area contributed by atoms with Crippen LogP contribution in [0.3, 0.4) is 0 Å². The van der Waals surface area contributed by atoms with Crippen molar-refractivity contribution in [3.63, 3.8) is 0 Å². The molecule has 0 fully saturated rings. The van der Waals surface area contributed by atoms with Crippen LogP contribution in [0.25, 0.3) is 0 Å². The molecule has 3 heteroatoms. The van der Waals surface area contributed by atoms with E-state index in [0.717, 1.165) is 19.4 Å². The number of hydrogen-bond donors (Lipinski definition) is 1. The fourth-order valence-electron chi connectivity index (χ4n) is 1.98. The number of furan rings is 1. The average Bonchev–Trinajstić information content (AvgIpc) is 3.00. The molecule has 2 aromatic heterocycles. The van der Waals surface area contributed by atoms with Crippen LogP contribution < -0.4 is 5.32 Å². The second kappa shape index (κ2) is 6.03. The third-order valence-corrected chi connectivity index (χ3v) is 3.92. The van der Waals surface area contributed by atoms with E-state index < -0.39 is 0 Å².